The molecule has 76 valence electrons. The highest BCUT2D eigenvalue weighted by molar-refractivity contribution is 5.93. The van der Waals surface area contributed by atoms with E-state index < -0.39 is 5.97 Å². The summed E-state index contributed by atoms with van der Waals surface area (Å²) in [5.41, 5.74) is 3.48. The molecule has 0 aliphatic carbocycles. The molecule has 1 aromatic carbocycles. The maximum atomic E-state index is 11.2. The van der Waals surface area contributed by atoms with Gasteiger partial charge in [-0.15, -0.1) is 0 Å². The zero-order valence-corrected chi connectivity index (χ0v) is 8.03. The van der Waals surface area contributed by atoms with Crippen molar-refractivity contribution in [2.75, 3.05) is 19.6 Å². The monoisotopic (exact) mass is 196 g/mol. The summed E-state index contributed by atoms with van der Waals surface area (Å²) in [5, 5.41) is 0. The van der Waals surface area contributed by atoms with Gasteiger partial charge in [-0.1, -0.05) is 0 Å². The van der Waals surface area contributed by atoms with Gasteiger partial charge in [0, 0.05) is 6.07 Å². The van der Waals surface area contributed by atoms with E-state index in [1.54, 1.807) is 18.2 Å². The fourth-order valence-corrected chi connectivity index (χ4v) is 1.06. The minimum atomic E-state index is -0.439. The van der Waals surface area contributed by atoms with Crippen molar-refractivity contribution < 1.29 is 14.3 Å². The van der Waals surface area contributed by atoms with Crippen molar-refractivity contribution in [1.82, 2.24) is 0 Å². The molecule has 0 spiro atoms. The predicted molar refractivity (Wildman–Crippen MR) is 52.1 cm³/mol. The van der Waals surface area contributed by atoms with Crippen LogP contribution in [0.3, 0.4) is 0 Å². The summed E-state index contributed by atoms with van der Waals surface area (Å²) in [5.74, 6) is 5.19. The van der Waals surface area contributed by atoms with Crippen LogP contribution in [0.4, 0.5) is 5.69 Å². The first kappa shape index (κ1) is 10.3. The quantitative estimate of drug-likeness (QED) is 0.424. The summed E-state index contributed by atoms with van der Waals surface area (Å²) >= 11 is 0. The number of nitrogens with one attached hydrogen (secondary N) is 1. The summed E-state index contributed by atoms with van der Waals surface area (Å²) < 4.78 is 9.60. The van der Waals surface area contributed by atoms with E-state index in [9.17, 15) is 4.79 Å². The van der Waals surface area contributed by atoms with Crippen LogP contribution in [-0.4, -0.2) is 20.2 Å². The maximum Gasteiger partial charge on any atom is 0.341 e. The predicted octanol–water partition coefficient (Wildman–Crippen LogP) is 0.767. The van der Waals surface area contributed by atoms with Crippen LogP contribution in [-0.2, 0) is 4.74 Å². The van der Waals surface area contributed by atoms with E-state index in [-0.39, 0.29) is 0 Å². The zero-order chi connectivity index (χ0) is 10.6. The largest absolute Gasteiger partial charge is 0.496 e. The number of hydrazine groups is 1. The van der Waals surface area contributed by atoms with Crippen molar-refractivity contribution in [3.63, 3.8) is 0 Å². The number of rotatable bonds is 3. The van der Waals surface area contributed by atoms with Crippen molar-refractivity contribution in [3.8, 4) is 5.75 Å². The Balaban J connectivity index is 3.11. The third-order valence-electron chi connectivity index (χ3n) is 1.77. The zero-order valence-electron chi connectivity index (χ0n) is 8.03. The fourth-order valence-electron chi connectivity index (χ4n) is 1.06. The first-order valence-corrected chi connectivity index (χ1v) is 3.96. The van der Waals surface area contributed by atoms with Crippen LogP contribution in [0.1, 0.15) is 10.4 Å². The summed E-state index contributed by atoms with van der Waals surface area (Å²) in [4.78, 5) is 11.2. The van der Waals surface area contributed by atoms with E-state index in [4.69, 9.17) is 10.6 Å². The molecule has 0 aromatic heterocycles. The molecule has 0 aliphatic heterocycles. The van der Waals surface area contributed by atoms with Crippen LogP contribution in [0.5, 0.6) is 5.75 Å². The minimum absolute atomic E-state index is 0.369. The SMILES string of the molecule is COC(=O)c1ccc(NN)cc1OC. The highest BCUT2D eigenvalue weighted by Crippen LogP contribution is 2.23. The number of anilines is 1. The topological polar surface area (TPSA) is 73.6 Å². The number of nitrogen functional groups attached to an aromatic ring is 1. The molecule has 14 heavy (non-hydrogen) atoms. The standard InChI is InChI=1S/C9H12N2O3/c1-13-8-5-6(11-10)3-4-7(8)9(12)14-2/h3-5,11H,10H2,1-2H3. The van der Waals surface area contributed by atoms with E-state index in [2.05, 4.69) is 10.2 Å². The molecule has 1 rings (SSSR count). The number of ether oxygens (including phenoxy) is 2. The number of esters is 1. The number of nitrogens with two attached hydrogens (primary N) is 1. The van der Waals surface area contributed by atoms with Crippen molar-refractivity contribution in [1.29, 1.82) is 0 Å². The molecular formula is C9H12N2O3. The Kier molecular flexibility index (Phi) is 3.30. The lowest BCUT2D eigenvalue weighted by Gasteiger charge is -2.08. The number of hydrogen-bond donors (Lipinski definition) is 2. The molecule has 1 aromatic rings. The smallest absolute Gasteiger partial charge is 0.341 e. The third kappa shape index (κ3) is 1.94. The molecule has 0 fully saturated rings. The number of carbonyl (C=O) groups is 1. The molecule has 0 saturated heterocycles. The molecule has 0 heterocycles. The summed E-state index contributed by atoms with van der Waals surface area (Å²) in [6.07, 6.45) is 0. The lowest BCUT2D eigenvalue weighted by atomic mass is 10.2. The van der Waals surface area contributed by atoms with Gasteiger partial charge in [0.05, 0.1) is 19.9 Å². The minimum Gasteiger partial charge on any atom is -0.496 e. The molecule has 0 saturated carbocycles. The number of methoxy groups -OCH3 is 2. The normalized spacial score (nSPS) is 9.36. The second-order valence-electron chi connectivity index (χ2n) is 2.55. The second kappa shape index (κ2) is 4.48. The Bertz CT molecular complexity index is 339. The van der Waals surface area contributed by atoms with Gasteiger partial charge < -0.3 is 14.9 Å². The second-order valence-corrected chi connectivity index (χ2v) is 2.55. The van der Waals surface area contributed by atoms with Crippen molar-refractivity contribution in [3.05, 3.63) is 23.8 Å². The van der Waals surface area contributed by atoms with E-state index >= 15 is 0 Å². The molecule has 0 unspecified atom stereocenters. The van der Waals surface area contributed by atoms with Gasteiger partial charge in [-0.25, -0.2) is 4.79 Å². The highest BCUT2D eigenvalue weighted by atomic mass is 16.5. The van der Waals surface area contributed by atoms with Crippen LogP contribution in [0.15, 0.2) is 18.2 Å². The van der Waals surface area contributed by atoms with Crippen molar-refractivity contribution in [2.45, 2.75) is 0 Å². The van der Waals surface area contributed by atoms with E-state index in [0.717, 1.165) is 0 Å². The third-order valence-corrected chi connectivity index (χ3v) is 1.77. The summed E-state index contributed by atoms with van der Waals surface area (Å²) in [6.45, 7) is 0. The highest BCUT2D eigenvalue weighted by Gasteiger charge is 2.12. The lowest BCUT2D eigenvalue weighted by Crippen LogP contribution is -2.09. The first-order valence-electron chi connectivity index (χ1n) is 3.96. The van der Waals surface area contributed by atoms with E-state index in [1.165, 1.54) is 14.2 Å². The van der Waals surface area contributed by atoms with Crippen LogP contribution in [0.2, 0.25) is 0 Å². The van der Waals surface area contributed by atoms with Crippen molar-refractivity contribution >= 4 is 11.7 Å². The maximum absolute atomic E-state index is 11.2. The van der Waals surface area contributed by atoms with E-state index in [0.29, 0.717) is 17.0 Å². The Morgan fingerprint density at radius 3 is 2.64 bits per heavy atom. The number of benzene rings is 1. The first-order chi connectivity index (χ1) is 6.72. The number of hydrogen-bond acceptors (Lipinski definition) is 5. The molecule has 0 atom stereocenters. The molecule has 5 heteroatoms. The molecule has 0 aliphatic rings. The van der Waals surface area contributed by atoms with Crippen LogP contribution < -0.4 is 16.0 Å². The Hall–Kier alpha value is -1.75. The molecule has 3 N–H and O–H groups in total. The van der Waals surface area contributed by atoms with Gasteiger partial charge in [0.1, 0.15) is 11.3 Å². The van der Waals surface area contributed by atoms with Gasteiger partial charge in [0.25, 0.3) is 0 Å². The summed E-state index contributed by atoms with van der Waals surface area (Å²) in [7, 11) is 2.79. The van der Waals surface area contributed by atoms with Gasteiger partial charge >= 0.3 is 5.97 Å². The van der Waals surface area contributed by atoms with Crippen molar-refractivity contribution in [2.24, 2.45) is 5.84 Å². The summed E-state index contributed by atoms with van der Waals surface area (Å²) in [6, 6.07) is 4.86. The Labute approximate surface area is 81.8 Å². The van der Waals surface area contributed by atoms with Gasteiger partial charge in [0.15, 0.2) is 0 Å². The molecule has 0 amide bonds. The van der Waals surface area contributed by atoms with E-state index in [1.807, 2.05) is 0 Å². The van der Waals surface area contributed by atoms with Gasteiger partial charge in [-0.3, -0.25) is 5.84 Å². The molecule has 0 radical (unpaired) electrons. The Morgan fingerprint density at radius 1 is 1.43 bits per heavy atom. The average Bonchev–Trinajstić information content (AvgIpc) is 2.27. The molecule has 5 nitrogen and oxygen atoms in total. The number of carbonyl (C=O) groups excluding carboxylic acids is 1. The van der Waals surface area contributed by atoms with Crippen LogP contribution in [0, 0.1) is 0 Å². The molecular weight excluding hydrogens is 184 g/mol. The van der Waals surface area contributed by atoms with Gasteiger partial charge in [0.2, 0.25) is 0 Å². The lowest BCUT2D eigenvalue weighted by molar-refractivity contribution is 0.0597. The van der Waals surface area contributed by atoms with Gasteiger partial charge in [-0.2, -0.15) is 0 Å². The average molecular weight is 196 g/mol. The molecule has 0 bridgehead atoms. The Morgan fingerprint density at radius 2 is 2.14 bits per heavy atom. The fraction of sp³-hybridized carbons (Fsp3) is 0.222. The van der Waals surface area contributed by atoms with Gasteiger partial charge in [-0.05, 0) is 12.1 Å². The van der Waals surface area contributed by atoms with Crippen LogP contribution in [0.25, 0.3) is 0 Å². The van der Waals surface area contributed by atoms with Crippen LogP contribution >= 0.6 is 0 Å².